The maximum Gasteiger partial charge on any atom is 0.317 e. The van der Waals surface area contributed by atoms with Crippen LogP contribution in [0, 0.1) is 12.8 Å². The number of hydrogen-bond donors (Lipinski definition) is 2. The Morgan fingerprint density at radius 1 is 1.39 bits per heavy atom. The molecular formula is C17H29N3O2S. The number of amides is 2. The van der Waals surface area contributed by atoms with E-state index in [1.807, 2.05) is 18.9 Å². The highest BCUT2D eigenvalue weighted by molar-refractivity contribution is 7.09. The molecule has 1 heterocycles. The Morgan fingerprint density at radius 2 is 2.13 bits per heavy atom. The molecule has 0 spiro atoms. The van der Waals surface area contributed by atoms with Crippen LogP contribution in [0.1, 0.15) is 49.2 Å². The Balaban J connectivity index is 1.59. The van der Waals surface area contributed by atoms with Gasteiger partial charge in [-0.2, -0.15) is 0 Å². The van der Waals surface area contributed by atoms with Crippen molar-refractivity contribution in [3.63, 3.8) is 0 Å². The standard InChI is InChI=1S/C17H29N3O2S/c1-13-12-23-16(19-13)5-3-4-10-18-17(22)20(2)15-8-6-14(11-21)7-9-15/h12,14-15,21H,3-11H2,1-2H3,(H,18,22). The maximum absolute atomic E-state index is 12.2. The summed E-state index contributed by atoms with van der Waals surface area (Å²) in [5.74, 6) is 0.428. The Hall–Kier alpha value is -1.14. The van der Waals surface area contributed by atoms with Gasteiger partial charge in [-0.15, -0.1) is 11.3 Å². The fraction of sp³-hybridized carbons (Fsp3) is 0.765. The molecule has 0 radical (unpaired) electrons. The number of hydrogen-bond acceptors (Lipinski definition) is 4. The molecule has 0 atom stereocenters. The molecule has 130 valence electrons. The van der Waals surface area contributed by atoms with Crippen molar-refractivity contribution in [2.75, 3.05) is 20.2 Å². The number of unbranched alkanes of at least 4 members (excludes halogenated alkanes) is 1. The number of urea groups is 1. The van der Waals surface area contributed by atoms with Crippen molar-refractivity contribution in [1.82, 2.24) is 15.2 Å². The second-order valence-electron chi connectivity index (χ2n) is 6.54. The van der Waals surface area contributed by atoms with Gasteiger partial charge in [-0.3, -0.25) is 0 Å². The summed E-state index contributed by atoms with van der Waals surface area (Å²) in [6.07, 6.45) is 7.07. The fourth-order valence-electron chi connectivity index (χ4n) is 3.12. The highest BCUT2D eigenvalue weighted by atomic mass is 32.1. The molecule has 0 aliphatic heterocycles. The van der Waals surface area contributed by atoms with Crippen molar-refractivity contribution < 1.29 is 9.90 Å². The van der Waals surface area contributed by atoms with Crippen molar-refractivity contribution in [2.24, 2.45) is 5.92 Å². The molecule has 0 saturated heterocycles. The zero-order chi connectivity index (χ0) is 16.7. The lowest BCUT2D eigenvalue weighted by Gasteiger charge is -2.34. The summed E-state index contributed by atoms with van der Waals surface area (Å²) in [5, 5.41) is 15.5. The number of nitrogens with one attached hydrogen (secondary N) is 1. The SMILES string of the molecule is Cc1csc(CCCCNC(=O)N(C)C2CCC(CO)CC2)n1. The number of thiazole rings is 1. The van der Waals surface area contributed by atoms with Gasteiger partial charge in [-0.25, -0.2) is 9.78 Å². The molecule has 1 aromatic heterocycles. The third-order valence-electron chi connectivity index (χ3n) is 4.70. The van der Waals surface area contributed by atoms with Gasteiger partial charge in [0.05, 0.1) is 5.01 Å². The van der Waals surface area contributed by atoms with Crippen LogP contribution in [0.5, 0.6) is 0 Å². The van der Waals surface area contributed by atoms with Crippen LogP contribution in [0.15, 0.2) is 5.38 Å². The minimum atomic E-state index is 0.0301. The number of aryl methyl sites for hydroxylation is 2. The van der Waals surface area contributed by atoms with Gasteiger partial charge in [0.1, 0.15) is 0 Å². The van der Waals surface area contributed by atoms with E-state index < -0.39 is 0 Å². The summed E-state index contributed by atoms with van der Waals surface area (Å²) in [6.45, 7) is 3.02. The Morgan fingerprint density at radius 3 is 2.74 bits per heavy atom. The number of aromatic nitrogens is 1. The first-order chi connectivity index (χ1) is 11.1. The zero-order valence-corrected chi connectivity index (χ0v) is 15.1. The summed E-state index contributed by atoms with van der Waals surface area (Å²) in [6, 6.07) is 0.346. The van der Waals surface area contributed by atoms with Gasteiger partial charge in [0, 0.05) is 37.3 Å². The van der Waals surface area contributed by atoms with E-state index in [1.54, 1.807) is 11.3 Å². The average Bonchev–Trinajstić information content (AvgIpc) is 2.99. The van der Waals surface area contributed by atoms with E-state index in [-0.39, 0.29) is 12.6 Å². The molecule has 1 aliphatic rings. The highest BCUT2D eigenvalue weighted by Gasteiger charge is 2.25. The van der Waals surface area contributed by atoms with Crippen LogP contribution in [0.3, 0.4) is 0 Å². The van der Waals surface area contributed by atoms with Crippen LogP contribution >= 0.6 is 11.3 Å². The van der Waals surface area contributed by atoms with E-state index in [0.717, 1.165) is 57.2 Å². The lowest BCUT2D eigenvalue weighted by molar-refractivity contribution is 0.134. The van der Waals surface area contributed by atoms with Gasteiger partial charge < -0.3 is 15.3 Å². The summed E-state index contributed by atoms with van der Waals surface area (Å²) >= 11 is 1.72. The summed E-state index contributed by atoms with van der Waals surface area (Å²) < 4.78 is 0. The monoisotopic (exact) mass is 339 g/mol. The Labute approximate surface area is 143 Å². The molecule has 2 rings (SSSR count). The molecule has 0 unspecified atom stereocenters. The molecule has 0 bridgehead atoms. The van der Waals surface area contributed by atoms with Crippen molar-refractivity contribution in [1.29, 1.82) is 0 Å². The Kier molecular flexibility index (Phi) is 7.30. The number of aliphatic hydroxyl groups is 1. The van der Waals surface area contributed by atoms with Crippen LogP contribution in [0.25, 0.3) is 0 Å². The number of aliphatic hydroxyl groups excluding tert-OH is 1. The van der Waals surface area contributed by atoms with E-state index in [4.69, 9.17) is 0 Å². The van der Waals surface area contributed by atoms with Gasteiger partial charge in [0.15, 0.2) is 0 Å². The second-order valence-corrected chi connectivity index (χ2v) is 7.48. The molecule has 1 aromatic rings. The van der Waals surface area contributed by atoms with Gasteiger partial charge in [-0.1, -0.05) is 0 Å². The molecule has 5 nitrogen and oxygen atoms in total. The van der Waals surface area contributed by atoms with Crippen molar-refractivity contribution in [3.05, 3.63) is 16.1 Å². The minimum absolute atomic E-state index is 0.0301. The lowest BCUT2D eigenvalue weighted by Crippen LogP contribution is -2.45. The Bertz CT molecular complexity index is 484. The predicted molar refractivity (Wildman–Crippen MR) is 93.8 cm³/mol. The topological polar surface area (TPSA) is 65.5 Å². The average molecular weight is 340 g/mol. The van der Waals surface area contributed by atoms with E-state index in [1.165, 1.54) is 5.01 Å². The van der Waals surface area contributed by atoms with Crippen LogP contribution in [-0.4, -0.2) is 47.3 Å². The second kappa shape index (κ2) is 9.23. The number of nitrogens with zero attached hydrogens (tertiary/aromatic N) is 2. The normalized spacial score (nSPS) is 21.2. The third kappa shape index (κ3) is 5.77. The molecule has 1 saturated carbocycles. The van der Waals surface area contributed by atoms with E-state index in [2.05, 4.69) is 15.7 Å². The van der Waals surface area contributed by atoms with Crippen molar-refractivity contribution >= 4 is 17.4 Å². The first-order valence-electron chi connectivity index (χ1n) is 8.62. The number of rotatable bonds is 7. The number of carbonyl (C=O) groups is 1. The van der Waals surface area contributed by atoms with Crippen LogP contribution in [0.4, 0.5) is 4.79 Å². The smallest absolute Gasteiger partial charge is 0.317 e. The van der Waals surface area contributed by atoms with Gasteiger partial charge in [0.25, 0.3) is 0 Å². The van der Waals surface area contributed by atoms with Gasteiger partial charge >= 0.3 is 6.03 Å². The van der Waals surface area contributed by atoms with Crippen LogP contribution < -0.4 is 5.32 Å². The quantitative estimate of drug-likeness (QED) is 0.751. The van der Waals surface area contributed by atoms with E-state index >= 15 is 0 Å². The minimum Gasteiger partial charge on any atom is -0.396 e. The van der Waals surface area contributed by atoms with Gasteiger partial charge in [-0.05, 0) is 57.8 Å². The first-order valence-corrected chi connectivity index (χ1v) is 9.50. The summed E-state index contributed by atoms with van der Waals surface area (Å²) in [7, 11) is 1.89. The van der Waals surface area contributed by atoms with E-state index in [9.17, 15) is 9.90 Å². The maximum atomic E-state index is 12.2. The van der Waals surface area contributed by atoms with Crippen molar-refractivity contribution in [3.8, 4) is 0 Å². The fourth-order valence-corrected chi connectivity index (χ4v) is 3.94. The molecule has 23 heavy (non-hydrogen) atoms. The summed E-state index contributed by atoms with van der Waals surface area (Å²) in [5.41, 5.74) is 1.09. The molecule has 2 N–H and O–H groups in total. The molecular weight excluding hydrogens is 310 g/mol. The molecule has 0 aromatic carbocycles. The number of carbonyl (C=O) groups excluding carboxylic acids is 1. The van der Waals surface area contributed by atoms with Crippen LogP contribution in [0.2, 0.25) is 0 Å². The molecule has 2 amide bonds. The van der Waals surface area contributed by atoms with Crippen molar-refractivity contribution in [2.45, 2.75) is 57.9 Å². The summed E-state index contributed by atoms with van der Waals surface area (Å²) in [4.78, 5) is 18.5. The lowest BCUT2D eigenvalue weighted by atomic mass is 9.86. The molecule has 6 heteroatoms. The molecule has 1 aliphatic carbocycles. The predicted octanol–water partition coefficient (Wildman–Crippen LogP) is 2.97. The first kappa shape index (κ1) is 18.2. The van der Waals surface area contributed by atoms with Gasteiger partial charge in [0.2, 0.25) is 0 Å². The zero-order valence-electron chi connectivity index (χ0n) is 14.3. The highest BCUT2D eigenvalue weighted by Crippen LogP contribution is 2.26. The van der Waals surface area contributed by atoms with Crippen LogP contribution in [-0.2, 0) is 6.42 Å². The molecule has 1 fully saturated rings. The largest absolute Gasteiger partial charge is 0.396 e. The third-order valence-corrected chi connectivity index (χ3v) is 5.73. The van der Waals surface area contributed by atoms with E-state index in [0.29, 0.717) is 12.0 Å².